The maximum absolute atomic E-state index is 11.1. The highest BCUT2D eigenvalue weighted by atomic mass is 16.4. The largest absolute Gasteiger partial charge is 0.481 e. The Labute approximate surface area is 109 Å². The number of nitrogens with zero attached hydrogens (tertiary/aromatic N) is 1. The van der Waals surface area contributed by atoms with Gasteiger partial charge < -0.3 is 5.11 Å². The minimum absolute atomic E-state index is 0.0198. The minimum atomic E-state index is -0.738. The fourth-order valence-electron chi connectivity index (χ4n) is 2.45. The summed E-state index contributed by atoms with van der Waals surface area (Å²) in [5, 5.41) is 9.12. The van der Waals surface area contributed by atoms with Gasteiger partial charge in [0.1, 0.15) is 0 Å². The maximum atomic E-state index is 11.1. The standard InChI is InChI=1S/C15H23NO2/c1-4-12-9-7-8-10-13(12)14(11-15(17)18)16(5-2)6-3/h7-10,14H,4-6,11H2,1-3H3,(H,17,18). The molecule has 1 aromatic rings. The molecule has 0 saturated heterocycles. The first-order chi connectivity index (χ1) is 8.63. The monoisotopic (exact) mass is 249 g/mol. The molecule has 0 aliphatic carbocycles. The molecule has 0 spiro atoms. The molecule has 0 aromatic heterocycles. The number of aryl methyl sites for hydroxylation is 1. The molecule has 0 fully saturated rings. The van der Waals surface area contributed by atoms with Gasteiger partial charge in [-0.25, -0.2) is 0 Å². The van der Waals surface area contributed by atoms with Gasteiger partial charge in [0, 0.05) is 6.04 Å². The molecule has 0 heterocycles. The van der Waals surface area contributed by atoms with Gasteiger partial charge in [-0.05, 0) is 30.6 Å². The van der Waals surface area contributed by atoms with Crippen LogP contribution in [0.1, 0.15) is 44.4 Å². The second-order valence-electron chi connectivity index (χ2n) is 4.39. The SMILES string of the molecule is CCc1ccccc1C(CC(=O)O)N(CC)CC. The van der Waals surface area contributed by atoms with Crippen molar-refractivity contribution in [1.82, 2.24) is 4.90 Å². The molecule has 0 radical (unpaired) electrons. The van der Waals surface area contributed by atoms with Gasteiger partial charge >= 0.3 is 5.97 Å². The number of carboxylic acid groups (broad SMARTS) is 1. The minimum Gasteiger partial charge on any atom is -0.481 e. The predicted molar refractivity (Wildman–Crippen MR) is 73.7 cm³/mol. The van der Waals surface area contributed by atoms with E-state index in [9.17, 15) is 4.79 Å². The molecule has 1 N–H and O–H groups in total. The Hall–Kier alpha value is -1.35. The van der Waals surface area contributed by atoms with Crippen molar-refractivity contribution in [3.05, 3.63) is 35.4 Å². The Morgan fingerprint density at radius 2 is 1.83 bits per heavy atom. The van der Waals surface area contributed by atoms with Gasteiger partial charge in [-0.3, -0.25) is 9.69 Å². The van der Waals surface area contributed by atoms with Crippen LogP contribution in [0.15, 0.2) is 24.3 Å². The highest BCUT2D eigenvalue weighted by Crippen LogP contribution is 2.27. The summed E-state index contributed by atoms with van der Waals surface area (Å²) < 4.78 is 0. The Kier molecular flexibility index (Phi) is 5.86. The molecular weight excluding hydrogens is 226 g/mol. The topological polar surface area (TPSA) is 40.5 Å². The molecule has 0 saturated carbocycles. The molecule has 1 unspecified atom stereocenters. The second kappa shape index (κ2) is 7.17. The average Bonchev–Trinajstić information content (AvgIpc) is 2.38. The number of benzene rings is 1. The van der Waals surface area contributed by atoms with Crippen molar-refractivity contribution in [2.24, 2.45) is 0 Å². The smallest absolute Gasteiger partial charge is 0.305 e. The first-order valence-corrected chi connectivity index (χ1v) is 6.67. The van der Waals surface area contributed by atoms with Crippen LogP contribution in [0.3, 0.4) is 0 Å². The molecule has 0 aliphatic rings. The van der Waals surface area contributed by atoms with E-state index in [2.05, 4.69) is 37.8 Å². The molecule has 3 nitrogen and oxygen atoms in total. The van der Waals surface area contributed by atoms with Crippen molar-refractivity contribution in [2.45, 2.75) is 39.7 Å². The van der Waals surface area contributed by atoms with Gasteiger partial charge in [-0.15, -0.1) is 0 Å². The van der Waals surface area contributed by atoms with Crippen molar-refractivity contribution >= 4 is 5.97 Å². The van der Waals surface area contributed by atoms with Crippen LogP contribution in [0.2, 0.25) is 0 Å². The Morgan fingerprint density at radius 1 is 1.22 bits per heavy atom. The summed E-state index contributed by atoms with van der Waals surface area (Å²) in [6, 6.07) is 8.14. The Morgan fingerprint density at radius 3 is 2.33 bits per heavy atom. The van der Waals surface area contributed by atoms with Crippen LogP contribution in [0.5, 0.6) is 0 Å². The van der Waals surface area contributed by atoms with Crippen molar-refractivity contribution in [1.29, 1.82) is 0 Å². The van der Waals surface area contributed by atoms with Crippen LogP contribution in [0.25, 0.3) is 0 Å². The molecular formula is C15H23NO2. The van der Waals surface area contributed by atoms with Crippen molar-refractivity contribution in [3.63, 3.8) is 0 Å². The number of hydrogen-bond acceptors (Lipinski definition) is 2. The van der Waals surface area contributed by atoms with Crippen molar-refractivity contribution < 1.29 is 9.90 Å². The Bertz CT molecular complexity index is 386. The molecule has 1 aromatic carbocycles. The van der Waals surface area contributed by atoms with Gasteiger partial charge in [0.25, 0.3) is 0 Å². The summed E-state index contributed by atoms with van der Waals surface area (Å²) >= 11 is 0. The summed E-state index contributed by atoms with van der Waals surface area (Å²) in [6.45, 7) is 8.00. The van der Waals surface area contributed by atoms with E-state index < -0.39 is 5.97 Å². The molecule has 0 bridgehead atoms. The predicted octanol–water partition coefficient (Wildman–Crippen LogP) is 3.11. The van der Waals surface area contributed by atoms with Gasteiger partial charge in [-0.1, -0.05) is 45.0 Å². The zero-order chi connectivity index (χ0) is 13.5. The van der Waals surface area contributed by atoms with Gasteiger partial charge in [0.15, 0.2) is 0 Å². The summed E-state index contributed by atoms with van der Waals surface area (Å²) in [6.07, 6.45) is 1.10. The maximum Gasteiger partial charge on any atom is 0.305 e. The lowest BCUT2D eigenvalue weighted by atomic mass is 9.95. The normalized spacial score (nSPS) is 12.7. The summed E-state index contributed by atoms with van der Waals surface area (Å²) in [5.74, 6) is -0.738. The van der Waals surface area contributed by atoms with Crippen molar-refractivity contribution in [2.75, 3.05) is 13.1 Å². The second-order valence-corrected chi connectivity index (χ2v) is 4.39. The number of hydrogen-bond donors (Lipinski definition) is 1. The molecule has 1 atom stereocenters. The third kappa shape index (κ3) is 3.57. The van der Waals surface area contributed by atoms with Gasteiger partial charge in [0.05, 0.1) is 6.42 Å². The number of carbonyl (C=O) groups is 1. The fourth-order valence-corrected chi connectivity index (χ4v) is 2.45. The number of carboxylic acids is 1. The number of rotatable bonds is 7. The zero-order valence-corrected chi connectivity index (χ0v) is 11.5. The zero-order valence-electron chi connectivity index (χ0n) is 11.5. The molecule has 0 amide bonds. The Balaban J connectivity index is 3.11. The van der Waals surface area contributed by atoms with Crippen LogP contribution in [-0.2, 0) is 11.2 Å². The van der Waals surface area contributed by atoms with Crippen LogP contribution in [0.4, 0.5) is 0 Å². The first kappa shape index (κ1) is 14.7. The molecule has 18 heavy (non-hydrogen) atoms. The van der Waals surface area contributed by atoms with Crippen molar-refractivity contribution in [3.8, 4) is 0 Å². The highest BCUT2D eigenvalue weighted by molar-refractivity contribution is 5.68. The molecule has 1 rings (SSSR count). The highest BCUT2D eigenvalue weighted by Gasteiger charge is 2.22. The first-order valence-electron chi connectivity index (χ1n) is 6.67. The summed E-state index contributed by atoms with van der Waals surface area (Å²) in [4.78, 5) is 13.3. The van der Waals surface area contributed by atoms with Crippen LogP contribution >= 0.6 is 0 Å². The van der Waals surface area contributed by atoms with E-state index in [0.717, 1.165) is 25.1 Å². The summed E-state index contributed by atoms with van der Waals surface area (Å²) in [7, 11) is 0. The lowest BCUT2D eigenvalue weighted by Crippen LogP contribution is -2.30. The number of aliphatic carboxylic acids is 1. The van der Waals surface area contributed by atoms with Crippen LogP contribution in [0, 0.1) is 0 Å². The van der Waals surface area contributed by atoms with Crippen LogP contribution < -0.4 is 0 Å². The third-order valence-electron chi connectivity index (χ3n) is 3.42. The van der Waals surface area contributed by atoms with E-state index in [0.29, 0.717) is 0 Å². The lowest BCUT2D eigenvalue weighted by molar-refractivity contribution is -0.138. The molecule has 100 valence electrons. The quantitative estimate of drug-likeness (QED) is 0.807. The lowest BCUT2D eigenvalue weighted by Gasteiger charge is -2.30. The van der Waals surface area contributed by atoms with E-state index in [4.69, 9.17) is 5.11 Å². The molecule has 3 heteroatoms. The summed E-state index contributed by atoms with van der Waals surface area (Å²) in [5.41, 5.74) is 2.40. The fraction of sp³-hybridized carbons (Fsp3) is 0.533. The van der Waals surface area contributed by atoms with Gasteiger partial charge in [-0.2, -0.15) is 0 Å². The average molecular weight is 249 g/mol. The molecule has 0 aliphatic heterocycles. The van der Waals surface area contributed by atoms with E-state index in [1.807, 2.05) is 12.1 Å². The van der Waals surface area contributed by atoms with E-state index in [1.54, 1.807) is 0 Å². The van der Waals surface area contributed by atoms with E-state index >= 15 is 0 Å². The van der Waals surface area contributed by atoms with E-state index in [-0.39, 0.29) is 12.5 Å². The van der Waals surface area contributed by atoms with E-state index in [1.165, 1.54) is 5.56 Å². The van der Waals surface area contributed by atoms with Crippen LogP contribution in [-0.4, -0.2) is 29.1 Å². The van der Waals surface area contributed by atoms with Gasteiger partial charge in [0.2, 0.25) is 0 Å². The third-order valence-corrected chi connectivity index (χ3v) is 3.42.